The lowest BCUT2D eigenvalue weighted by atomic mass is 10.2. The molecule has 2 aromatic carbocycles. The molecule has 0 aliphatic heterocycles. The summed E-state index contributed by atoms with van der Waals surface area (Å²) in [6.45, 7) is 7.01. The number of carbonyl (C=O) groups excluding carboxylic acids is 3. The number of hydrogen-bond acceptors (Lipinski definition) is 6. The molecule has 0 spiro atoms. The van der Waals surface area contributed by atoms with Crippen molar-refractivity contribution < 1.29 is 23.9 Å². The van der Waals surface area contributed by atoms with Gasteiger partial charge in [0, 0.05) is 11.1 Å². The summed E-state index contributed by atoms with van der Waals surface area (Å²) in [5.74, 6) is -1.68. The van der Waals surface area contributed by atoms with Crippen LogP contribution < -0.4 is 10.6 Å². The molecular weight excluding hydrogens is 412 g/mol. The predicted molar refractivity (Wildman–Crippen MR) is 120 cm³/mol. The molecule has 0 aliphatic carbocycles. The summed E-state index contributed by atoms with van der Waals surface area (Å²) in [6.07, 6.45) is 0.820. The van der Waals surface area contributed by atoms with Crippen LogP contribution >= 0.6 is 0 Å². The molecule has 1 unspecified atom stereocenters. The maximum absolute atomic E-state index is 12.8. The van der Waals surface area contributed by atoms with E-state index in [1.807, 2.05) is 31.2 Å². The van der Waals surface area contributed by atoms with Gasteiger partial charge in [0.05, 0.1) is 24.5 Å². The van der Waals surface area contributed by atoms with Gasteiger partial charge in [-0.25, -0.2) is 14.3 Å². The zero-order valence-corrected chi connectivity index (χ0v) is 18.6. The van der Waals surface area contributed by atoms with Gasteiger partial charge in [0.15, 0.2) is 0 Å². The maximum Gasteiger partial charge on any atom is 0.408 e. The van der Waals surface area contributed by atoms with Gasteiger partial charge >= 0.3 is 12.1 Å². The summed E-state index contributed by atoms with van der Waals surface area (Å²) < 4.78 is 11.6. The molecule has 3 aromatic rings. The summed E-state index contributed by atoms with van der Waals surface area (Å²) in [5, 5.41) is 10.2. The van der Waals surface area contributed by atoms with Crippen molar-refractivity contribution in [3.63, 3.8) is 0 Å². The van der Waals surface area contributed by atoms with Crippen molar-refractivity contribution in [2.75, 3.05) is 12.4 Å². The van der Waals surface area contributed by atoms with Crippen LogP contribution in [0.3, 0.4) is 0 Å². The van der Waals surface area contributed by atoms with Crippen LogP contribution in [0.2, 0.25) is 0 Å². The number of alkyl carbamates (subject to hydrolysis) is 1. The van der Waals surface area contributed by atoms with Crippen molar-refractivity contribution in [2.24, 2.45) is 0 Å². The number of fused-ring (bicyclic) bond motifs is 1. The number of nitrogens with one attached hydrogen (secondary N) is 2. The fourth-order valence-electron chi connectivity index (χ4n) is 3.05. The van der Waals surface area contributed by atoms with Crippen molar-refractivity contribution in [1.29, 1.82) is 0 Å². The third-order valence-electron chi connectivity index (χ3n) is 4.44. The van der Waals surface area contributed by atoms with Gasteiger partial charge in [-0.15, -0.1) is 0 Å². The zero-order chi connectivity index (χ0) is 23.5. The van der Waals surface area contributed by atoms with E-state index >= 15 is 0 Å². The largest absolute Gasteiger partial charge is 0.467 e. The summed E-state index contributed by atoms with van der Waals surface area (Å²) in [6, 6.07) is 11.5. The Morgan fingerprint density at radius 2 is 1.84 bits per heavy atom. The number of amides is 2. The first-order valence-electron chi connectivity index (χ1n) is 10.0. The quantitative estimate of drug-likeness (QED) is 0.467. The van der Waals surface area contributed by atoms with Crippen LogP contribution in [0.5, 0.6) is 0 Å². The Labute approximate surface area is 185 Å². The molecule has 9 nitrogen and oxygen atoms in total. The van der Waals surface area contributed by atoms with E-state index in [2.05, 4.69) is 20.5 Å². The van der Waals surface area contributed by atoms with Gasteiger partial charge in [-0.2, -0.15) is 5.10 Å². The minimum atomic E-state index is -1.58. The standard InChI is InChI=1S/C23H26N4O5/c1-14-7-6-8-17(11-14)27-18-12-16(10-9-15(18)13-24-27)25-20(28)19(21(29)31-5)26-22(30)32-23(2,3)4/h6-13,19H,1-5H3,(H,25,28)(H,26,30). The van der Waals surface area contributed by atoms with Crippen molar-refractivity contribution in [1.82, 2.24) is 15.1 Å². The molecule has 0 fully saturated rings. The second kappa shape index (κ2) is 9.09. The fraction of sp³-hybridized carbons (Fsp3) is 0.304. The van der Waals surface area contributed by atoms with Gasteiger partial charge in [0.25, 0.3) is 5.91 Å². The van der Waals surface area contributed by atoms with Gasteiger partial charge in [0.1, 0.15) is 5.60 Å². The second-order valence-corrected chi connectivity index (χ2v) is 8.26. The lowest BCUT2D eigenvalue weighted by Gasteiger charge is -2.22. The average molecular weight is 438 g/mol. The van der Waals surface area contributed by atoms with E-state index in [4.69, 9.17) is 4.74 Å². The van der Waals surface area contributed by atoms with E-state index in [1.54, 1.807) is 49.8 Å². The van der Waals surface area contributed by atoms with Crippen LogP contribution in [0.4, 0.5) is 10.5 Å². The number of aromatic nitrogens is 2. The highest BCUT2D eigenvalue weighted by atomic mass is 16.6. The number of carbonyl (C=O) groups is 3. The van der Waals surface area contributed by atoms with Crippen LogP contribution in [0.1, 0.15) is 26.3 Å². The highest BCUT2D eigenvalue weighted by molar-refractivity contribution is 6.10. The fourth-order valence-corrected chi connectivity index (χ4v) is 3.05. The second-order valence-electron chi connectivity index (χ2n) is 8.26. The van der Waals surface area contributed by atoms with E-state index in [9.17, 15) is 14.4 Å². The smallest absolute Gasteiger partial charge is 0.408 e. The highest BCUT2D eigenvalue weighted by Gasteiger charge is 2.31. The number of esters is 1. The predicted octanol–water partition coefficient (Wildman–Crippen LogP) is 3.34. The highest BCUT2D eigenvalue weighted by Crippen LogP contribution is 2.23. The number of anilines is 1. The third-order valence-corrected chi connectivity index (χ3v) is 4.44. The summed E-state index contributed by atoms with van der Waals surface area (Å²) in [5.41, 5.74) is 2.37. The Kier molecular flexibility index (Phi) is 6.47. The Balaban J connectivity index is 1.84. The molecule has 2 amide bonds. The van der Waals surface area contributed by atoms with Crippen molar-refractivity contribution in [3.8, 4) is 5.69 Å². The number of ether oxygens (including phenoxy) is 2. The van der Waals surface area contributed by atoms with Crippen LogP contribution in [-0.2, 0) is 19.1 Å². The Morgan fingerprint density at radius 1 is 1.09 bits per heavy atom. The molecule has 1 atom stereocenters. The molecule has 0 saturated carbocycles. The van der Waals surface area contributed by atoms with Gasteiger partial charge in [-0.3, -0.25) is 10.1 Å². The Morgan fingerprint density at radius 3 is 2.50 bits per heavy atom. The number of hydrogen-bond donors (Lipinski definition) is 2. The number of aryl methyl sites for hydroxylation is 1. The molecule has 1 heterocycles. The van der Waals surface area contributed by atoms with E-state index in [0.29, 0.717) is 5.69 Å². The van der Waals surface area contributed by atoms with Crippen LogP contribution in [-0.4, -0.2) is 46.5 Å². The zero-order valence-electron chi connectivity index (χ0n) is 18.6. The molecule has 0 aliphatic rings. The van der Waals surface area contributed by atoms with E-state index < -0.39 is 29.6 Å². The van der Waals surface area contributed by atoms with Gasteiger partial charge in [-0.05, 0) is 63.6 Å². The lowest BCUT2D eigenvalue weighted by molar-refractivity contribution is -0.145. The molecule has 0 saturated heterocycles. The topological polar surface area (TPSA) is 112 Å². The first-order valence-corrected chi connectivity index (χ1v) is 10.0. The van der Waals surface area contributed by atoms with Gasteiger partial charge < -0.3 is 14.8 Å². The Hall–Kier alpha value is -3.88. The number of nitrogens with zero attached hydrogens (tertiary/aromatic N) is 2. The molecule has 2 N–H and O–H groups in total. The monoisotopic (exact) mass is 438 g/mol. The number of benzene rings is 2. The minimum absolute atomic E-state index is 0.428. The normalized spacial score (nSPS) is 12.2. The lowest BCUT2D eigenvalue weighted by Crippen LogP contribution is -2.50. The summed E-state index contributed by atoms with van der Waals surface area (Å²) in [7, 11) is 1.13. The minimum Gasteiger partial charge on any atom is -0.467 e. The first kappa shape index (κ1) is 22.8. The molecular formula is C23H26N4O5. The molecule has 3 rings (SSSR count). The SMILES string of the molecule is COC(=O)C(NC(=O)OC(C)(C)C)C(=O)Nc1ccc2cnn(-c3cccc(C)c3)c2c1. The van der Waals surface area contributed by atoms with Gasteiger partial charge in [0.2, 0.25) is 6.04 Å². The molecule has 1 aromatic heterocycles. The van der Waals surface area contributed by atoms with Crippen LogP contribution in [0.15, 0.2) is 48.7 Å². The molecule has 0 bridgehead atoms. The Bertz CT molecular complexity index is 1160. The first-order chi connectivity index (χ1) is 15.1. The van der Waals surface area contributed by atoms with Crippen molar-refractivity contribution >= 4 is 34.6 Å². The molecule has 9 heteroatoms. The van der Waals surface area contributed by atoms with E-state index in [0.717, 1.165) is 29.3 Å². The third kappa shape index (κ3) is 5.42. The van der Waals surface area contributed by atoms with Crippen LogP contribution in [0, 0.1) is 6.92 Å². The average Bonchev–Trinajstić information content (AvgIpc) is 3.13. The molecule has 32 heavy (non-hydrogen) atoms. The summed E-state index contributed by atoms with van der Waals surface area (Å²) in [4.78, 5) is 37.0. The number of rotatable bonds is 5. The van der Waals surface area contributed by atoms with Crippen LogP contribution in [0.25, 0.3) is 16.6 Å². The molecule has 0 radical (unpaired) electrons. The van der Waals surface area contributed by atoms with Crippen molar-refractivity contribution in [2.45, 2.75) is 39.3 Å². The molecule has 168 valence electrons. The summed E-state index contributed by atoms with van der Waals surface area (Å²) >= 11 is 0. The maximum atomic E-state index is 12.8. The van der Waals surface area contributed by atoms with E-state index in [-0.39, 0.29) is 0 Å². The van der Waals surface area contributed by atoms with E-state index in [1.165, 1.54) is 0 Å². The van der Waals surface area contributed by atoms with Crippen molar-refractivity contribution in [3.05, 3.63) is 54.2 Å². The van der Waals surface area contributed by atoms with Gasteiger partial charge in [-0.1, -0.05) is 12.1 Å². The number of methoxy groups -OCH3 is 1.